The normalized spacial score (nSPS) is 15.3. The van der Waals surface area contributed by atoms with Crippen molar-refractivity contribution in [3.8, 4) is 11.8 Å². The van der Waals surface area contributed by atoms with Crippen LogP contribution in [0.1, 0.15) is 18.4 Å². The maximum atomic E-state index is 12.9. The lowest BCUT2D eigenvalue weighted by Crippen LogP contribution is -2.43. The molecule has 0 saturated carbocycles. The van der Waals surface area contributed by atoms with Gasteiger partial charge in [0.1, 0.15) is 24.2 Å². The van der Waals surface area contributed by atoms with Gasteiger partial charge in [0.05, 0.1) is 17.0 Å². The quantitative estimate of drug-likeness (QED) is 0.678. The largest absolute Gasteiger partial charge is 0.492 e. The van der Waals surface area contributed by atoms with Gasteiger partial charge in [-0.15, -0.1) is 0 Å². The Kier molecular flexibility index (Phi) is 7.03. The fraction of sp³-hybridized carbons (Fsp3) is 0.333. The van der Waals surface area contributed by atoms with E-state index in [2.05, 4.69) is 5.32 Å². The summed E-state index contributed by atoms with van der Waals surface area (Å²) >= 11 is 0. The molecule has 1 amide bonds. The maximum Gasteiger partial charge on any atom is 0.244 e. The SMILES string of the molecule is N#Cc1ccccc1S(=O)(=O)N1CCC(C(=O)NCCOc2ccc(F)cc2)CC1. The highest BCUT2D eigenvalue weighted by Gasteiger charge is 2.33. The molecule has 1 N–H and O–H groups in total. The van der Waals surface area contributed by atoms with Crippen molar-refractivity contribution in [2.75, 3.05) is 26.2 Å². The van der Waals surface area contributed by atoms with E-state index in [-0.39, 0.29) is 47.8 Å². The van der Waals surface area contributed by atoms with Crippen molar-refractivity contribution < 1.29 is 22.3 Å². The molecule has 9 heteroatoms. The number of benzene rings is 2. The van der Waals surface area contributed by atoms with Gasteiger partial charge in [0.2, 0.25) is 15.9 Å². The third-order valence-electron chi connectivity index (χ3n) is 4.93. The van der Waals surface area contributed by atoms with Gasteiger partial charge in [-0.25, -0.2) is 12.8 Å². The molecule has 1 heterocycles. The Bertz CT molecular complexity index is 1030. The van der Waals surface area contributed by atoms with E-state index in [0.717, 1.165) is 0 Å². The van der Waals surface area contributed by atoms with Crippen LogP contribution in [0, 0.1) is 23.1 Å². The van der Waals surface area contributed by atoms with Crippen LogP contribution >= 0.6 is 0 Å². The Morgan fingerprint density at radius 2 is 1.83 bits per heavy atom. The monoisotopic (exact) mass is 431 g/mol. The predicted octanol–water partition coefficient (Wildman–Crippen LogP) is 2.29. The lowest BCUT2D eigenvalue weighted by atomic mass is 9.97. The zero-order chi connectivity index (χ0) is 21.6. The summed E-state index contributed by atoms with van der Waals surface area (Å²) < 4.78 is 45.3. The number of nitrogens with one attached hydrogen (secondary N) is 1. The van der Waals surface area contributed by atoms with Crippen molar-refractivity contribution in [2.24, 2.45) is 5.92 Å². The highest BCUT2D eigenvalue weighted by Crippen LogP contribution is 2.25. The van der Waals surface area contributed by atoms with E-state index in [0.29, 0.717) is 25.1 Å². The second-order valence-electron chi connectivity index (χ2n) is 6.88. The Morgan fingerprint density at radius 3 is 2.50 bits per heavy atom. The van der Waals surface area contributed by atoms with Crippen LogP contribution < -0.4 is 10.1 Å². The Morgan fingerprint density at radius 1 is 1.17 bits per heavy atom. The van der Waals surface area contributed by atoms with Crippen LogP contribution in [-0.4, -0.2) is 44.9 Å². The lowest BCUT2D eigenvalue weighted by molar-refractivity contribution is -0.126. The molecule has 3 rings (SSSR count). The first-order chi connectivity index (χ1) is 14.4. The van der Waals surface area contributed by atoms with Crippen LogP contribution in [0.15, 0.2) is 53.4 Å². The number of amides is 1. The summed E-state index contributed by atoms with van der Waals surface area (Å²) in [6, 6.07) is 13.6. The molecule has 158 valence electrons. The van der Waals surface area contributed by atoms with E-state index in [1.807, 2.05) is 6.07 Å². The van der Waals surface area contributed by atoms with E-state index in [4.69, 9.17) is 10.00 Å². The van der Waals surface area contributed by atoms with Crippen molar-refractivity contribution in [3.05, 3.63) is 59.9 Å². The van der Waals surface area contributed by atoms with E-state index in [9.17, 15) is 17.6 Å². The summed E-state index contributed by atoms with van der Waals surface area (Å²) in [6.45, 7) is 0.971. The number of sulfonamides is 1. The Balaban J connectivity index is 1.47. The zero-order valence-electron chi connectivity index (χ0n) is 16.3. The first kappa shape index (κ1) is 21.7. The molecular formula is C21H22FN3O4S. The molecule has 2 aromatic rings. The first-order valence-corrected chi connectivity index (χ1v) is 11.0. The number of hydrogen-bond acceptors (Lipinski definition) is 5. The predicted molar refractivity (Wildman–Crippen MR) is 108 cm³/mol. The Labute approximate surface area is 175 Å². The summed E-state index contributed by atoms with van der Waals surface area (Å²) in [5, 5.41) is 12.0. The summed E-state index contributed by atoms with van der Waals surface area (Å²) in [7, 11) is -3.78. The molecule has 0 atom stereocenters. The number of nitriles is 1. The minimum absolute atomic E-state index is 0.00616. The minimum Gasteiger partial charge on any atom is -0.492 e. The molecule has 0 spiro atoms. The van der Waals surface area contributed by atoms with Crippen LogP contribution in [0.25, 0.3) is 0 Å². The fourth-order valence-electron chi connectivity index (χ4n) is 3.30. The van der Waals surface area contributed by atoms with Gasteiger partial charge >= 0.3 is 0 Å². The first-order valence-electron chi connectivity index (χ1n) is 9.57. The van der Waals surface area contributed by atoms with Gasteiger partial charge in [0.25, 0.3) is 0 Å². The number of rotatable bonds is 7. The van der Waals surface area contributed by atoms with Crippen LogP contribution in [0.4, 0.5) is 4.39 Å². The van der Waals surface area contributed by atoms with Gasteiger partial charge in [0.15, 0.2) is 0 Å². The van der Waals surface area contributed by atoms with Gasteiger partial charge in [-0.2, -0.15) is 9.57 Å². The van der Waals surface area contributed by atoms with Crippen LogP contribution in [-0.2, 0) is 14.8 Å². The fourth-order valence-corrected chi connectivity index (χ4v) is 4.91. The summed E-state index contributed by atoms with van der Waals surface area (Å²) in [4.78, 5) is 12.3. The highest BCUT2D eigenvalue weighted by molar-refractivity contribution is 7.89. The van der Waals surface area contributed by atoms with Crippen molar-refractivity contribution in [3.63, 3.8) is 0 Å². The molecule has 1 aliphatic heterocycles. The number of hydrogen-bond donors (Lipinski definition) is 1. The van der Waals surface area contributed by atoms with Gasteiger partial charge in [-0.1, -0.05) is 12.1 Å². The van der Waals surface area contributed by atoms with Gasteiger partial charge in [-0.05, 0) is 49.2 Å². The van der Waals surface area contributed by atoms with Gasteiger partial charge < -0.3 is 10.1 Å². The van der Waals surface area contributed by atoms with E-state index >= 15 is 0 Å². The average molecular weight is 431 g/mol. The van der Waals surface area contributed by atoms with Crippen molar-refractivity contribution >= 4 is 15.9 Å². The van der Waals surface area contributed by atoms with Crippen molar-refractivity contribution in [2.45, 2.75) is 17.7 Å². The highest BCUT2D eigenvalue weighted by atomic mass is 32.2. The molecule has 0 radical (unpaired) electrons. The molecule has 7 nitrogen and oxygen atoms in total. The molecule has 0 unspecified atom stereocenters. The van der Waals surface area contributed by atoms with Gasteiger partial charge in [-0.3, -0.25) is 4.79 Å². The molecule has 2 aromatic carbocycles. The van der Waals surface area contributed by atoms with Crippen LogP contribution in [0.2, 0.25) is 0 Å². The standard InChI is InChI=1S/C21H22FN3O4S/c22-18-5-7-19(8-6-18)29-14-11-24-21(26)16-9-12-25(13-10-16)30(27,28)20-4-2-1-3-17(20)15-23/h1-8,16H,9-14H2,(H,24,26). The van der Waals surface area contributed by atoms with E-state index < -0.39 is 10.0 Å². The van der Waals surface area contributed by atoms with Crippen LogP contribution in [0.3, 0.4) is 0 Å². The number of piperidine rings is 1. The van der Waals surface area contributed by atoms with E-state index in [1.165, 1.54) is 40.7 Å². The third kappa shape index (κ3) is 5.14. The molecule has 0 bridgehead atoms. The number of ether oxygens (including phenoxy) is 1. The number of carbonyl (C=O) groups is 1. The molecule has 1 aliphatic rings. The second-order valence-corrected chi connectivity index (χ2v) is 8.79. The van der Waals surface area contributed by atoms with Crippen molar-refractivity contribution in [1.29, 1.82) is 5.26 Å². The van der Waals surface area contributed by atoms with Gasteiger partial charge in [0, 0.05) is 19.0 Å². The molecular weight excluding hydrogens is 409 g/mol. The average Bonchev–Trinajstić information content (AvgIpc) is 2.77. The second kappa shape index (κ2) is 9.69. The lowest BCUT2D eigenvalue weighted by Gasteiger charge is -2.30. The zero-order valence-corrected chi connectivity index (χ0v) is 17.1. The molecule has 1 saturated heterocycles. The van der Waals surface area contributed by atoms with Crippen LogP contribution in [0.5, 0.6) is 5.75 Å². The molecule has 1 fully saturated rings. The van der Waals surface area contributed by atoms with E-state index in [1.54, 1.807) is 12.1 Å². The summed E-state index contributed by atoms with van der Waals surface area (Å²) in [6.07, 6.45) is 0.803. The number of halogens is 1. The Hall–Kier alpha value is -2.96. The molecule has 0 aliphatic carbocycles. The topological polar surface area (TPSA) is 99.5 Å². The summed E-state index contributed by atoms with van der Waals surface area (Å²) in [5.74, 6) is -0.261. The molecule has 0 aromatic heterocycles. The third-order valence-corrected chi connectivity index (χ3v) is 6.89. The minimum atomic E-state index is -3.78. The number of carbonyl (C=O) groups excluding carboxylic acids is 1. The maximum absolute atomic E-state index is 12.9. The summed E-state index contributed by atoms with van der Waals surface area (Å²) in [5.41, 5.74) is 0.110. The smallest absolute Gasteiger partial charge is 0.244 e. The van der Waals surface area contributed by atoms with Crippen molar-refractivity contribution in [1.82, 2.24) is 9.62 Å². The number of nitrogens with zero attached hydrogens (tertiary/aromatic N) is 2. The molecule has 30 heavy (non-hydrogen) atoms.